The summed E-state index contributed by atoms with van der Waals surface area (Å²) in [7, 11) is 0. The van der Waals surface area contributed by atoms with Gasteiger partial charge in [-0.05, 0) is 104 Å². The van der Waals surface area contributed by atoms with Gasteiger partial charge in [0.25, 0.3) is 0 Å². The number of rotatable bonds is 10. The number of piperazine rings is 1. The van der Waals surface area contributed by atoms with Gasteiger partial charge in [-0.15, -0.1) is 5.10 Å². The number of hydrogen-bond donors (Lipinski definition) is 3. The zero-order valence-corrected chi connectivity index (χ0v) is 31.4. The van der Waals surface area contributed by atoms with Gasteiger partial charge >= 0.3 is 17.8 Å². The number of esters is 1. The zero-order chi connectivity index (χ0) is 39.1. The fourth-order valence-electron chi connectivity index (χ4n) is 6.32. The van der Waals surface area contributed by atoms with E-state index in [9.17, 15) is 24.0 Å². The molecule has 4 amide bonds. The Morgan fingerprint density at radius 1 is 0.945 bits per heavy atom. The molecule has 3 N–H and O–H groups in total. The Bertz CT molecular complexity index is 2010. The molecule has 6 rings (SSSR count). The van der Waals surface area contributed by atoms with E-state index in [1.165, 1.54) is 41.3 Å². The van der Waals surface area contributed by atoms with Crippen molar-refractivity contribution in [2.24, 2.45) is 0 Å². The molecular weight excluding hydrogens is 730 g/mol. The minimum atomic E-state index is -1.22. The van der Waals surface area contributed by atoms with Gasteiger partial charge in [0.2, 0.25) is 11.8 Å². The second kappa shape index (κ2) is 17.2. The molecule has 2 aliphatic rings. The summed E-state index contributed by atoms with van der Waals surface area (Å²) in [5, 5.41) is 19.2. The lowest BCUT2D eigenvalue weighted by molar-refractivity contribution is -0.137. The van der Waals surface area contributed by atoms with Gasteiger partial charge in [0.1, 0.15) is 18.0 Å². The number of halogens is 1. The second-order valence-corrected chi connectivity index (χ2v) is 14.6. The summed E-state index contributed by atoms with van der Waals surface area (Å²) in [6.45, 7) is 8.32. The number of nitrogens with zero attached hydrogens (tertiary/aromatic N) is 6. The molecule has 1 unspecified atom stereocenters. The third-order valence-corrected chi connectivity index (χ3v) is 9.30. The van der Waals surface area contributed by atoms with Crippen molar-refractivity contribution in [1.82, 2.24) is 30.4 Å². The molecule has 3 heterocycles. The van der Waals surface area contributed by atoms with Crippen LogP contribution in [0.25, 0.3) is 5.69 Å². The van der Waals surface area contributed by atoms with Gasteiger partial charge in [0.05, 0.1) is 23.5 Å². The maximum absolute atomic E-state index is 13.8. The van der Waals surface area contributed by atoms with Crippen LogP contribution >= 0.6 is 11.6 Å². The molecule has 288 valence electrons. The standard InChI is InChI=1S/C38H42ClN9O7/c1-38(2,3)55-37(53)25-6-9-27(10-7-25)41-34(50)31(43-36(52)35(51)42-30-21-26(39)8-13-32(30)48-23-40-44-45-48)20-24-4-11-29(12-5-24)47-17-16-46(22-33(47)49)28-14-18-54-19-15-28/h4-13,21,23,28,31H,14-20,22H2,1-3H3,(H,41,50)(H,42,51)(H,43,52). The van der Waals surface area contributed by atoms with Crippen molar-refractivity contribution in [3.8, 4) is 5.69 Å². The number of benzene rings is 3. The summed E-state index contributed by atoms with van der Waals surface area (Å²) in [6, 6.07) is 17.0. The van der Waals surface area contributed by atoms with Crippen LogP contribution < -0.4 is 20.9 Å². The summed E-state index contributed by atoms with van der Waals surface area (Å²) in [6.07, 6.45) is 3.14. The molecule has 0 bridgehead atoms. The van der Waals surface area contributed by atoms with Crippen LogP contribution in [0.1, 0.15) is 49.5 Å². The summed E-state index contributed by atoms with van der Waals surface area (Å²) >= 11 is 6.18. The van der Waals surface area contributed by atoms with Crippen molar-refractivity contribution in [1.29, 1.82) is 0 Å². The highest BCUT2D eigenvalue weighted by molar-refractivity contribution is 6.40. The Morgan fingerprint density at radius 3 is 2.33 bits per heavy atom. The van der Waals surface area contributed by atoms with E-state index in [1.807, 2.05) is 0 Å². The van der Waals surface area contributed by atoms with E-state index in [-0.39, 0.29) is 23.0 Å². The molecule has 17 heteroatoms. The third kappa shape index (κ3) is 10.3. The zero-order valence-electron chi connectivity index (χ0n) is 30.7. The van der Waals surface area contributed by atoms with Crippen LogP contribution in [0.2, 0.25) is 5.02 Å². The monoisotopic (exact) mass is 771 g/mol. The number of carbonyl (C=O) groups is 5. The first kappa shape index (κ1) is 39.0. The van der Waals surface area contributed by atoms with Crippen LogP contribution in [0.5, 0.6) is 0 Å². The van der Waals surface area contributed by atoms with E-state index >= 15 is 0 Å². The van der Waals surface area contributed by atoms with Crippen molar-refractivity contribution in [2.75, 3.05) is 48.4 Å². The molecule has 2 aliphatic heterocycles. The topological polar surface area (TPSA) is 190 Å². The van der Waals surface area contributed by atoms with Gasteiger partial charge in [0, 0.05) is 55.2 Å². The number of nitrogens with one attached hydrogen (secondary N) is 3. The van der Waals surface area contributed by atoms with Crippen LogP contribution in [-0.4, -0.2) is 105 Å². The maximum Gasteiger partial charge on any atom is 0.338 e. The molecule has 0 saturated carbocycles. The van der Waals surface area contributed by atoms with E-state index in [0.717, 1.165) is 25.1 Å². The third-order valence-electron chi connectivity index (χ3n) is 9.06. The van der Waals surface area contributed by atoms with E-state index in [4.69, 9.17) is 21.1 Å². The summed E-state index contributed by atoms with van der Waals surface area (Å²) in [5.41, 5.74) is 1.84. The number of ether oxygens (including phenoxy) is 2. The lowest BCUT2D eigenvalue weighted by Crippen LogP contribution is -2.54. The van der Waals surface area contributed by atoms with Gasteiger partial charge in [-0.1, -0.05) is 23.7 Å². The van der Waals surface area contributed by atoms with Crippen LogP contribution in [-0.2, 0) is 35.1 Å². The SMILES string of the molecule is CC(C)(C)OC(=O)c1ccc(NC(=O)C(Cc2ccc(N3CCN(C4CCOCC4)CC3=O)cc2)NC(=O)C(=O)Nc2cc(Cl)ccc2-n2cnnn2)cc1. The maximum atomic E-state index is 13.8. The van der Waals surface area contributed by atoms with Gasteiger partial charge in [0.15, 0.2) is 0 Å². The van der Waals surface area contributed by atoms with E-state index in [1.54, 1.807) is 62.1 Å². The van der Waals surface area contributed by atoms with Crippen LogP contribution in [0, 0.1) is 0 Å². The summed E-state index contributed by atoms with van der Waals surface area (Å²) in [5.74, 6) is -3.29. The average molecular weight is 772 g/mol. The van der Waals surface area contributed by atoms with Crippen molar-refractivity contribution < 1.29 is 33.4 Å². The molecule has 0 radical (unpaired) electrons. The molecule has 1 atom stereocenters. The highest BCUT2D eigenvalue weighted by atomic mass is 35.5. The van der Waals surface area contributed by atoms with Crippen LogP contribution in [0.15, 0.2) is 73.1 Å². The lowest BCUT2D eigenvalue weighted by atomic mass is 10.0. The molecule has 0 spiro atoms. The van der Waals surface area contributed by atoms with Gasteiger partial charge < -0.3 is 30.3 Å². The largest absolute Gasteiger partial charge is 0.456 e. The fourth-order valence-corrected chi connectivity index (χ4v) is 6.49. The lowest BCUT2D eigenvalue weighted by Gasteiger charge is -2.40. The number of anilines is 3. The van der Waals surface area contributed by atoms with Gasteiger partial charge in [-0.3, -0.25) is 24.1 Å². The number of carbonyl (C=O) groups excluding carboxylic acids is 5. The Balaban J connectivity index is 1.16. The smallest absolute Gasteiger partial charge is 0.338 e. The normalized spacial score (nSPS) is 15.9. The first-order chi connectivity index (χ1) is 26.3. The molecular formula is C38H42ClN9O7. The number of amides is 4. The van der Waals surface area contributed by atoms with E-state index < -0.39 is 35.3 Å². The molecule has 2 fully saturated rings. The highest BCUT2D eigenvalue weighted by Gasteiger charge is 2.31. The van der Waals surface area contributed by atoms with Gasteiger partial charge in [-0.25, -0.2) is 4.79 Å². The van der Waals surface area contributed by atoms with Crippen LogP contribution in [0.3, 0.4) is 0 Å². The fraction of sp³-hybridized carbons (Fsp3) is 0.368. The number of tetrazole rings is 1. The first-order valence-electron chi connectivity index (χ1n) is 17.8. The van der Waals surface area contributed by atoms with Crippen molar-refractivity contribution >= 4 is 58.3 Å². The molecule has 0 aliphatic carbocycles. The quantitative estimate of drug-likeness (QED) is 0.158. The minimum Gasteiger partial charge on any atom is -0.456 e. The molecule has 16 nitrogen and oxygen atoms in total. The predicted molar refractivity (Wildman–Crippen MR) is 203 cm³/mol. The van der Waals surface area contributed by atoms with Crippen molar-refractivity contribution in [3.63, 3.8) is 0 Å². The predicted octanol–water partition coefficient (Wildman–Crippen LogP) is 3.40. The average Bonchev–Trinajstić information content (AvgIpc) is 3.70. The molecule has 3 aromatic carbocycles. The summed E-state index contributed by atoms with van der Waals surface area (Å²) < 4.78 is 12.2. The minimum absolute atomic E-state index is 0.000355. The molecule has 2 saturated heterocycles. The Labute approximate surface area is 322 Å². The number of aromatic nitrogens is 4. The second-order valence-electron chi connectivity index (χ2n) is 14.2. The Kier molecular flexibility index (Phi) is 12.2. The van der Waals surface area contributed by atoms with Crippen molar-refractivity contribution in [3.05, 3.63) is 89.2 Å². The molecule has 4 aromatic rings. The van der Waals surface area contributed by atoms with Crippen molar-refractivity contribution in [2.45, 2.75) is 57.7 Å². The van der Waals surface area contributed by atoms with E-state index in [0.29, 0.717) is 54.8 Å². The van der Waals surface area contributed by atoms with Gasteiger partial charge in [-0.2, -0.15) is 4.68 Å². The summed E-state index contributed by atoms with van der Waals surface area (Å²) in [4.78, 5) is 70.0. The van der Waals surface area contributed by atoms with E-state index in [2.05, 4.69) is 36.4 Å². The number of hydrogen-bond acceptors (Lipinski definition) is 11. The molecule has 1 aromatic heterocycles. The molecule has 55 heavy (non-hydrogen) atoms. The Hall–Kier alpha value is -5.71. The highest BCUT2D eigenvalue weighted by Crippen LogP contribution is 2.25. The first-order valence-corrected chi connectivity index (χ1v) is 18.2. The van der Waals surface area contributed by atoms with Crippen LogP contribution in [0.4, 0.5) is 17.1 Å². The Morgan fingerprint density at radius 2 is 1.67 bits per heavy atom.